The van der Waals surface area contributed by atoms with Crippen LogP contribution in [0.5, 0.6) is 0 Å². The van der Waals surface area contributed by atoms with E-state index in [4.69, 9.17) is 28.7 Å². The van der Waals surface area contributed by atoms with Crippen molar-refractivity contribution >= 4 is 46.1 Å². The number of nitrogens with zero attached hydrogens (tertiary/aromatic N) is 6. The van der Waals surface area contributed by atoms with Gasteiger partial charge in [0.2, 0.25) is 0 Å². The summed E-state index contributed by atoms with van der Waals surface area (Å²) >= 11 is 14.0. The summed E-state index contributed by atoms with van der Waals surface area (Å²) in [5.74, 6) is 5.38. The number of hydrogen-bond acceptors (Lipinski definition) is 5. The lowest BCUT2D eigenvalue weighted by atomic mass is 10.1. The Bertz CT molecular complexity index is 1750. The number of carbonyl (C=O) groups is 1. The minimum Gasteiger partial charge on any atom is -0.276 e. The van der Waals surface area contributed by atoms with Crippen molar-refractivity contribution < 1.29 is 18.0 Å². The Morgan fingerprint density at radius 3 is 2.51 bits per heavy atom. The van der Waals surface area contributed by atoms with Crippen molar-refractivity contribution in [3.63, 3.8) is 0 Å². The van der Waals surface area contributed by atoms with Crippen LogP contribution in [0.2, 0.25) is 10.0 Å². The summed E-state index contributed by atoms with van der Waals surface area (Å²) in [7, 11) is 0. The van der Waals surface area contributed by atoms with Crippen LogP contribution in [0.4, 0.5) is 18.9 Å². The van der Waals surface area contributed by atoms with E-state index in [0.717, 1.165) is 31.4 Å². The van der Waals surface area contributed by atoms with Gasteiger partial charge in [-0.15, -0.1) is 11.3 Å². The maximum atomic E-state index is 14.1. The van der Waals surface area contributed by atoms with E-state index in [9.17, 15) is 18.0 Å². The second-order valence-corrected chi connectivity index (χ2v) is 11.5. The first-order chi connectivity index (χ1) is 20.7. The molecule has 1 amide bonds. The molecule has 1 saturated heterocycles. The number of nitrogens with one attached hydrogen (secondary N) is 1. The number of H-pyrrole nitrogens is 1. The molecule has 220 valence electrons. The molecule has 1 aliphatic heterocycles. The van der Waals surface area contributed by atoms with Gasteiger partial charge in [-0.2, -0.15) is 18.3 Å². The second kappa shape index (κ2) is 13.1. The number of rotatable bonds is 6. The first-order valence-electron chi connectivity index (χ1n) is 13.1. The molecule has 0 saturated carbocycles. The zero-order chi connectivity index (χ0) is 30.6. The Hall–Kier alpha value is -3.98. The number of benzene rings is 2. The molecule has 0 unspecified atom stereocenters. The number of thiophene rings is 1. The number of alkyl halides is 3. The number of carbonyl (C=O) groups excluding carboxylic acids is 1. The van der Waals surface area contributed by atoms with Crippen molar-refractivity contribution in [2.75, 3.05) is 18.1 Å². The standard InChI is InChI=1S/C29H22Cl2F3N7OS/c30-20-9-12-24(23(31)16-20)41(40-14-2-1-3-15-40)28(42)27-22(17-36-39-35)26(37-38-27)25-13-11-21(43-25)10-6-18-4-7-19(8-5-18)29(32,33)34/h4-5,7-9,11-13,16H,1-3,14-15,17H2,(H,37,38). The summed E-state index contributed by atoms with van der Waals surface area (Å²) in [5.41, 5.74) is 10.2. The zero-order valence-electron chi connectivity index (χ0n) is 22.3. The van der Waals surface area contributed by atoms with Crippen molar-refractivity contribution in [3.05, 3.63) is 102 Å². The van der Waals surface area contributed by atoms with Crippen molar-refractivity contribution in [1.82, 2.24) is 15.2 Å². The largest absolute Gasteiger partial charge is 0.416 e. The van der Waals surface area contributed by atoms with Gasteiger partial charge >= 0.3 is 6.18 Å². The quantitative estimate of drug-likeness (QED) is 0.0983. The average molecular weight is 645 g/mol. The van der Waals surface area contributed by atoms with E-state index in [1.807, 2.05) is 5.01 Å². The van der Waals surface area contributed by atoms with E-state index in [1.54, 1.807) is 30.3 Å². The Balaban J connectivity index is 1.48. The summed E-state index contributed by atoms with van der Waals surface area (Å²) in [4.78, 5) is 18.3. The highest BCUT2D eigenvalue weighted by molar-refractivity contribution is 7.16. The fourth-order valence-corrected chi connectivity index (χ4v) is 6.01. The first-order valence-corrected chi connectivity index (χ1v) is 14.6. The minimum atomic E-state index is -4.42. The molecule has 0 radical (unpaired) electrons. The Labute approximate surface area is 258 Å². The normalized spacial score (nSPS) is 13.6. The molecular formula is C29H22Cl2F3N7OS. The fourth-order valence-electron chi connectivity index (χ4n) is 4.64. The Kier molecular flexibility index (Phi) is 9.30. The summed E-state index contributed by atoms with van der Waals surface area (Å²) in [6.45, 7) is 1.13. The predicted molar refractivity (Wildman–Crippen MR) is 161 cm³/mol. The van der Waals surface area contributed by atoms with E-state index < -0.39 is 17.6 Å². The van der Waals surface area contributed by atoms with Gasteiger partial charge in [-0.25, -0.2) is 10.0 Å². The van der Waals surface area contributed by atoms with E-state index in [0.29, 0.717) is 55.4 Å². The molecule has 0 spiro atoms. The predicted octanol–water partition coefficient (Wildman–Crippen LogP) is 8.72. The summed E-state index contributed by atoms with van der Waals surface area (Å²) in [6.07, 6.45) is -1.57. The number of piperidine rings is 1. The third-order valence-corrected chi connectivity index (χ3v) is 8.26. The molecule has 8 nitrogen and oxygen atoms in total. The van der Waals surface area contributed by atoms with Crippen molar-refractivity contribution in [2.24, 2.45) is 5.11 Å². The highest BCUT2D eigenvalue weighted by Gasteiger charge is 2.32. The summed E-state index contributed by atoms with van der Waals surface area (Å²) in [6, 6.07) is 13.0. The summed E-state index contributed by atoms with van der Waals surface area (Å²) in [5, 5.41) is 15.1. The van der Waals surface area contributed by atoms with Gasteiger partial charge in [0.1, 0.15) is 0 Å². The van der Waals surface area contributed by atoms with E-state index >= 15 is 0 Å². The Morgan fingerprint density at radius 1 is 1.09 bits per heavy atom. The number of hydrogen-bond donors (Lipinski definition) is 1. The molecule has 0 aliphatic carbocycles. The smallest absolute Gasteiger partial charge is 0.276 e. The number of azide groups is 1. The maximum Gasteiger partial charge on any atom is 0.416 e. The molecule has 5 rings (SSSR count). The van der Waals surface area contributed by atoms with Crippen LogP contribution < -0.4 is 5.01 Å². The molecule has 1 fully saturated rings. The third kappa shape index (κ3) is 6.99. The number of anilines is 1. The number of aromatic nitrogens is 2. The monoisotopic (exact) mass is 643 g/mol. The first kappa shape index (κ1) is 30.5. The molecule has 1 aliphatic rings. The van der Waals surface area contributed by atoms with Crippen LogP contribution in [0.15, 0.2) is 59.7 Å². The fraction of sp³-hybridized carbons (Fsp3) is 0.241. The van der Waals surface area contributed by atoms with E-state index in [1.165, 1.54) is 28.5 Å². The minimum absolute atomic E-state index is 0.0739. The molecule has 2 aromatic heterocycles. The lowest BCUT2D eigenvalue weighted by molar-refractivity contribution is -0.137. The van der Waals surface area contributed by atoms with E-state index in [-0.39, 0.29) is 12.2 Å². The van der Waals surface area contributed by atoms with Gasteiger partial charge in [-0.05, 0) is 73.0 Å². The molecule has 1 N–H and O–H groups in total. The van der Waals surface area contributed by atoms with Gasteiger partial charge < -0.3 is 0 Å². The Morgan fingerprint density at radius 2 is 1.84 bits per heavy atom. The molecule has 0 atom stereocenters. The number of hydrazine groups is 1. The molecule has 43 heavy (non-hydrogen) atoms. The van der Waals surface area contributed by atoms with Crippen LogP contribution in [0, 0.1) is 11.8 Å². The van der Waals surface area contributed by atoms with Crippen molar-refractivity contribution in [2.45, 2.75) is 32.0 Å². The van der Waals surface area contributed by atoms with Crippen molar-refractivity contribution in [1.29, 1.82) is 0 Å². The molecule has 14 heteroatoms. The van der Waals surface area contributed by atoms with Gasteiger partial charge in [0.25, 0.3) is 5.91 Å². The zero-order valence-corrected chi connectivity index (χ0v) is 24.7. The van der Waals surface area contributed by atoms with Crippen LogP contribution in [0.25, 0.3) is 21.0 Å². The van der Waals surface area contributed by atoms with Gasteiger partial charge in [0.05, 0.1) is 38.3 Å². The van der Waals surface area contributed by atoms with Gasteiger partial charge in [0.15, 0.2) is 5.69 Å². The molecular weight excluding hydrogens is 622 g/mol. The van der Waals surface area contributed by atoms with Crippen LogP contribution in [0.3, 0.4) is 0 Å². The van der Waals surface area contributed by atoms with Crippen molar-refractivity contribution in [3.8, 4) is 22.4 Å². The SMILES string of the molecule is [N-]=[N+]=NCc1c(C(=O)N(c2ccc(Cl)cc2Cl)N2CCCCC2)n[nH]c1-c1ccc(C#Cc2ccc(C(F)(F)F)cc2)s1. The average Bonchev–Trinajstić information content (AvgIpc) is 3.63. The summed E-state index contributed by atoms with van der Waals surface area (Å²) < 4.78 is 38.5. The molecule has 2 aromatic carbocycles. The van der Waals surface area contributed by atoms with Gasteiger partial charge in [0, 0.05) is 34.2 Å². The van der Waals surface area contributed by atoms with Crippen LogP contribution in [0.1, 0.15) is 51.3 Å². The second-order valence-electron chi connectivity index (χ2n) is 9.53. The van der Waals surface area contributed by atoms with Crippen LogP contribution in [-0.2, 0) is 12.7 Å². The van der Waals surface area contributed by atoms with E-state index in [2.05, 4.69) is 32.1 Å². The van der Waals surface area contributed by atoms with Gasteiger partial charge in [-0.1, -0.05) is 46.6 Å². The molecule has 4 aromatic rings. The molecule has 3 heterocycles. The van der Waals surface area contributed by atoms with Crippen LogP contribution in [-0.4, -0.2) is 34.2 Å². The number of aromatic amines is 1. The lowest BCUT2D eigenvalue weighted by Crippen LogP contribution is -2.49. The number of halogens is 5. The third-order valence-electron chi connectivity index (χ3n) is 6.70. The highest BCUT2D eigenvalue weighted by Crippen LogP contribution is 2.35. The van der Waals surface area contributed by atoms with Gasteiger partial charge in [-0.3, -0.25) is 9.89 Å². The highest BCUT2D eigenvalue weighted by atomic mass is 35.5. The maximum absolute atomic E-state index is 14.1. The van der Waals surface area contributed by atoms with Crippen LogP contribution >= 0.6 is 34.5 Å². The lowest BCUT2D eigenvalue weighted by Gasteiger charge is -2.37. The number of amides is 1. The molecule has 0 bridgehead atoms. The topological polar surface area (TPSA) is 101 Å².